The van der Waals surface area contributed by atoms with Crippen molar-refractivity contribution in [1.82, 2.24) is 4.90 Å². The second-order valence-corrected chi connectivity index (χ2v) is 7.92. The van der Waals surface area contributed by atoms with Crippen molar-refractivity contribution in [3.8, 4) is 11.8 Å². The first-order valence-electron chi connectivity index (χ1n) is 10.1. The number of halogens is 1. The lowest BCUT2D eigenvalue weighted by Crippen LogP contribution is -2.37. The maximum atomic E-state index is 12.9. The standard InChI is InChI=1S/C25H20ClN3O3/c1-16-25(31)29(14-19-4-2-3-5-22(19)26)15-20-12-21(10-11-23(20)32-16)28-24(30)18-8-6-17(13-27)7-9-18/h2-12,16H,14-15H2,1H3,(H,28,30). The number of nitrogens with zero attached hydrogens (tertiary/aromatic N) is 2. The van der Waals surface area contributed by atoms with Crippen LogP contribution in [0.4, 0.5) is 5.69 Å². The van der Waals surface area contributed by atoms with Crippen molar-refractivity contribution in [3.63, 3.8) is 0 Å². The molecule has 0 saturated carbocycles. The zero-order chi connectivity index (χ0) is 22.7. The minimum Gasteiger partial charge on any atom is -0.481 e. The molecule has 0 bridgehead atoms. The van der Waals surface area contributed by atoms with Crippen LogP contribution in [-0.2, 0) is 17.9 Å². The van der Waals surface area contributed by atoms with Crippen molar-refractivity contribution in [2.24, 2.45) is 0 Å². The molecule has 6 nitrogen and oxygen atoms in total. The van der Waals surface area contributed by atoms with E-state index in [1.165, 1.54) is 0 Å². The SMILES string of the molecule is CC1Oc2ccc(NC(=O)c3ccc(C#N)cc3)cc2CN(Cc2ccccc2Cl)C1=O. The van der Waals surface area contributed by atoms with Crippen LogP contribution in [0.1, 0.15) is 34.0 Å². The smallest absolute Gasteiger partial charge is 0.263 e. The fourth-order valence-electron chi connectivity index (χ4n) is 3.54. The van der Waals surface area contributed by atoms with Gasteiger partial charge in [0.2, 0.25) is 0 Å². The van der Waals surface area contributed by atoms with E-state index < -0.39 is 6.10 Å². The Morgan fingerprint density at radius 1 is 1.19 bits per heavy atom. The van der Waals surface area contributed by atoms with Crippen LogP contribution in [0.15, 0.2) is 66.7 Å². The second kappa shape index (κ2) is 9.13. The molecule has 1 N–H and O–H groups in total. The monoisotopic (exact) mass is 445 g/mol. The number of anilines is 1. The summed E-state index contributed by atoms with van der Waals surface area (Å²) in [5.41, 5.74) is 3.15. The highest BCUT2D eigenvalue weighted by Gasteiger charge is 2.28. The van der Waals surface area contributed by atoms with Crippen LogP contribution in [0.25, 0.3) is 0 Å². The predicted molar refractivity (Wildman–Crippen MR) is 121 cm³/mol. The van der Waals surface area contributed by atoms with Crippen molar-refractivity contribution in [3.05, 3.63) is 94.0 Å². The number of carbonyl (C=O) groups excluding carboxylic acids is 2. The molecule has 0 saturated heterocycles. The van der Waals surface area contributed by atoms with Crippen LogP contribution < -0.4 is 10.1 Å². The maximum Gasteiger partial charge on any atom is 0.263 e. The summed E-state index contributed by atoms with van der Waals surface area (Å²) < 4.78 is 5.87. The van der Waals surface area contributed by atoms with Crippen LogP contribution in [0, 0.1) is 11.3 Å². The number of fused-ring (bicyclic) bond motifs is 1. The highest BCUT2D eigenvalue weighted by Crippen LogP contribution is 2.30. The summed E-state index contributed by atoms with van der Waals surface area (Å²) in [7, 11) is 0. The Labute approximate surface area is 191 Å². The highest BCUT2D eigenvalue weighted by atomic mass is 35.5. The van der Waals surface area contributed by atoms with Crippen LogP contribution in [0.2, 0.25) is 5.02 Å². The lowest BCUT2D eigenvalue weighted by molar-refractivity contribution is -0.138. The van der Waals surface area contributed by atoms with Gasteiger partial charge < -0.3 is 15.0 Å². The molecular formula is C25H20ClN3O3. The summed E-state index contributed by atoms with van der Waals surface area (Å²) in [5.74, 6) is 0.175. The predicted octanol–water partition coefficient (Wildman–Crippen LogP) is 4.77. The third kappa shape index (κ3) is 4.58. The molecule has 7 heteroatoms. The maximum absolute atomic E-state index is 12.9. The normalized spacial score (nSPS) is 15.2. The van der Waals surface area contributed by atoms with Gasteiger partial charge in [-0.1, -0.05) is 29.8 Å². The average Bonchev–Trinajstić information content (AvgIpc) is 2.91. The van der Waals surface area contributed by atoms with E-state index in [-0.39, 0.29) is 11.8 Å². The van der Waals surface area contributed by atoms with Crippen LogP contribution in [0.5, 0.6) is 5.75 Å². The number of hydrogen-bond acceptors (Lipinski definition) is 4. The molecule has 0 aliphatic carbocycles. The topological polar surface area (TPSA) is 82.4 Å². The van der Waals surface area contributed by atoms with Crippen LogP contribution >= 0.6 is 11.6 Å². The molecule has 0 spiro atoms. The van der Waals surface area contributed by atoms with Gasteiger partial charge in [0, 0.05) is 34.9 Å². The van der Waals surface area contributed by atoms with E-state index in [9.17, 15) is 9.59 Å². The largest absolute Gasteiger partial charge is 0.481 e. The molecule has 160 valence electrons. The van der Waals surface area contributed by atoms with Crippen molar-refractivity contribution in [2.75, 3.05) is 5.32 Å². The number of carbonyl (C=O) groups is 2. The second-order valence-electron chi connectivity index (χ2n) is 7.51. The summed E-state index contributed by atoms with van der Waals surface area (Å²) in [5, 5.41) is 12.4. The molecule has 1 aliphatic rings. The summed E-state index contributed by atoms with van der Waals surface area (Å²) in [4.78, 5) is 27.2. The van der Waals surface area contributed by atoms with E-state index in [0.717, 1.165) is 11.1 Å². The Morgan fingerprint density at radius 2 is 1.94 bits per heavy atom. The fourth-order valence-corrected chi connectivity index (χ4v) is 3.74. The Kier molecular flexibility index (Phi) is 6.11. The Hall–Kier alpha value is -3.82. The van der Waals surface area contributed by atoms with Crippen LogP contribution in [-0.4, -0.2) is 22.8 Å². The molecule has 0 aromatic heterocycles. The number of nitrogens with one attached hydrogen (secondary N) is 1. The van der Waals surface area contributed by atoms with Gasteiger partial charge in [-0.05, 0) is 61.0 Å². The van der Waals surface area contributed by atoms with E-state index in [4.69, 9.17) is 21.6 Å². The zero-order valence-corrected chi connectivity index (χ0v) is 18.1. The number of benzene rings is 3. The average molecular weight is 446 g/mol. The molecule has 0 fully saturated rings. The molecule has 1 aliphatic heterocycles. The summed E-state index contributed by atoms with van der Waals surface area (Å²) in [6.45, 7) is 2.40. The van der Waals surface area contributed by atoms with Gasteiger partial charge in [0.05, 0.1) is 11.6 Å². The number of nitriles is 1. The van der Waals surface area contributed by atoms with Gasteiger partial charge in [0.25, 0.3) is 11.8 Å². The number of rotatable bonds is 4. The number of ether oxygens (including phenoxy) is 1. The molecule has 3 aromatic carbocycles. The van der Waals surface area contributed by atoms with Gasteiger partial charge in [-0.25, -0.2) is 0 Å². The molecule has 1 unspecified atom stereocenters. The quantitative estimate of drug-likeness (QED) is 0.626. The summed E-state index contributed by atoms with van der Waals surface area (Å²) in [6.07, 6.45) is -0.641. The Balaban J connectivity index is 1.56. The first kappa shape index (κ1) is 21.4. The molecule has 3 aromatic rings. The van der Waals surface area contributed by atoms with Gasteiger partial charge >= 0.3 is 0 Å². The summed E-state index contributed by atoms with van der Waals surface area (Å²) >= 11 is 6.29. The third-order valence-electron chi connectivity index (χ3n) is 5.24. The van der Waals surface area contributed by atoms with Gasteiger partial charge in [0.1, 0.15) is 5.75 Å². The molecule has 2 amide bonds. The van der Waals surface area contributed by atoms with E-state index in [0.29, 0.717) is 40.7 Å². The minimum atomic E-state index is -0.641. The third-order valence-corrected chi connectivity index (χ3v) is 5.61. The molecule has 32 heavy (non-hydrogen) atoms. The fraction of sp³-hybridized carbons (Fsp3) is 0.160. The van der Waals surface area contributed by atoms with Crippen LogP contribution in [0.3, 0.4) is 0 Å². The first-order chi connectivity index (χ1) is 15.4. The van der Waals surface area contributed by atoms with E-state index >= 15 is 0 Å². The molecule has 4 rings (SSSR count). The van der Waals surface area contributed by atoms with Gasteiger partial charge in [0.15, 0.2) is 6.10 Å². The Bertz CT molecular complexity index is 1220. The van der Waals surface area contributed by atoms with Gasteiger partial charge in [-0.15, -0.1) is 0 Å². The number of hydrogen-bond donors (Lipinski definition) is 1. The summed E-state index contributed by atoms with van der Waals surface area (Å²) in [6, 6.07) is 21.1. The van der Waals surface area contributed by atoms with E-state index in [1.54, 1.807) is 54.3 Å². The molecule has 1 heterocycles. The van der Waals surface area contributed by atoms with Crippen molar-refractivity contribution in [1.29, 1.82) is 5.26 Å². The van der Waals surface area contributed by atoms with Gasteiger partial charge in [-0.3, -0.25) is 9.59 Å². The Morgan fingerprint density at radius 3 is 2.66 bits per heavy atom. The van der Waals surface area contributed by atoms with E-state index in [2.05, 4.69) is 5.32 Å². The van der Waals surface area contributed by atoms with E-state index in [1.807, 2.05) is 30.3 Å². The van der Waals surface area contributed by atoms with Crippen molar-refractivity contribution < 1.29 is 14.3 Å². The number of amides is 2. The highest BCUT2D eigenvalue weighted by molar-refractivity contribution is 6.31. The van der Waals surface area contributed by atoms with Crippen molar-refractivity contribution >= 4 is 29.1 Å². The zero-order valence-electron chi connectivity index (χ0n) is 17.3. The lowest BCUT2D eigenvalue weighted by Gasteiger charge is -2.22. The molecule has 1 atom stereocenters. The molecule has 0 radical (unpaired) electrons. The van der Waals surface area contributed by atoms with Crippen molar-refractivity contribution in [2.45, 2.75) is 26.1 Å². The minimum absolute atomic E-state index is 0.135. The molecular weight excluding hydrogens is 426 g/mol. The lowest BCUT2D eigenvalue weighted by atomic mass is 10.1. The van der Waals surface area contributed by atoms with Gasteiger partial charge in [-0.2, -0.15) is 5.26 Å². The first-order valence-corrected chi connectivity index (χ1v) is 10.5.